The van der Waals surface area contributed by atoms with E-state index in [9.17, 15) is 14.4 Å². The minimum absolute atomic E-state index is 0.104. The number of methoxy groups -OCH3 is 1. The number of imide groups is 1. The van der Waals surface area contributed by atoms with Crippen molar-refractivity contribution in [3.8, 4) is 0 Å². The zero-order valence-corrected chi connectivity index (χ0v) is 16.6. The minimum Gasteiger partial charge on any atom is -0.465 e. The molecule has 0 radical (unpaired) electrons. The fourth-order valence-electron chi connectivity index (χ4n) is 2.80. The Labute approximate surface area is 167 Å². The molecule has 1 aliphatic rings. The molecule has 3 rings (SSSR count). The minimum atomic E-state index is -0.427. The Hall–Kier alpha value is -3.06. The summed E-state index contributed by atoms with van der Waals surface area (Å²) in [5, 5.41) is 2.83. The number of nitrogens with zero attached hydrogens (tertiary/aromatic N) is 1. The summed E-state index contributed by atoms with van der Waals surface area (Å²) in [7, 11) is 1.32. The first-order valence-electron chi connectivity index (χ1n) is 8.64. The summed E-state index contributed by atoms with van der Waals surface area (Å²) < 4.78 is 4.66. The quantitative estimate of drug-likeness (QED) is 0.603. The van der Waals surface area contributed by atoms with Crippen LogP contribution in [0.15, 0.2) is 47.4 Å². The van der Waals surface area contributed by atoms with E-state index in [1.807, 2.05) is 32.0 Å². The molecule has 2 aromatic rings. The first kappa shape index (κ1) is 19.7. The summed E-state index contributed by atoms with van der Waals surface area (Å²) in [4.78, 5) is 37.9. The van der Waals surface area contributed by atoms with Gasteiger partial charge in [-0.3, -0.25) is 14.5 Å². The smallest absolute Gasteiger partial charge is 0.337 e. The van der Waals surface area contributed by atoms with E-state index in [-0.39, 0.29) is 17.8 Å². The summed E-state index contributed by atoms with van der Waals surface area (Å²) in [5.41, 5.74) is 4.22. The van der Waals surface area contributed by atoms with Crippen LogP contribution in [0.4, 0.5) is 10.5 Å². The molecule has 1 saturated heterocycles. The standard InChI is InChI=1S/C21H20N2O4S/c1-13-4-9-17(14(2)10-13)22-12-23-19(24)18(28-21(23)26)11-15-5-7-16(8-6-15)20(25)27-3/h4-11,22H,12H2,1-3H3/b18-11+. The van der Waals surface area contributed by atoms with Gasteiger partial charge in [-0.2, -0.15) is 0 Å². The summed E-state index contributed by atoms with van der Waals surface area (Å²) in [6.45, 7) is 4.09. The largest absolute Gasteiger partial charge is 0.465 e. The number of benzene rings is 2. The van der Waals surface area contributed by atoms with Crippen molar-refractivity contribution in [3.63, 3.8) is 0 Å². The Bertz CT molecular complexity index is 967. The average Bonchev–Trinajstić information content (AvgIpc) is 2.94. The van der Waals surface area contributed by atoms with Gasteiger partial charge in [-0.25, -0.2) is 4.79 Å². The number of aryl methyl sites for hydroxylation is 2. The van der Waals surface area contributed by atoms with Crippen molar-refractivity contribution < 1.29 is 19.1 Å². The summed E-state index contributed by atoms with van der Waals surface area (Å²) >= 11 is 0.900. The fourth-order valence-corrected chi connectivity index (χ4v) is 3.64. The Morgan fingerprint density at radius 1 is 1.14 bits per heavy atom. The lowest BCUT2D eigenvalue weighted by Crippen LogP contribution is -2.33. The maximum absolute atomic E-state index is 12.6. The maximum atomic E-state index is 12.6. The van der Waals surface area contributed by atoms with Crippen LogP contribution in [-0.4, -0.2) is 35.8 Å². The Morgan fingerprint density at radius 2 is 1.86 bits per heavy atom. The number of hydrogen-bond donors (Lipinski definition) is 1. The molecule has 7 heteroatoms. The lowest BCUT2D eigenvalue weighted by Gasteiger charge is -2.16. The van der Waals surface area contributed by atoms with Crippen molar-refractivity contribution in [1.82, 2.24) is 4.90 Å². The zero-order chi connectivity index (χ0) is 20.3. The van der Waals surface area contributed by atoms with Crippen molar-refractivity contribution in [1.29, 1.82) is 0 Å². The Kier molecular flexibility index (Phi) is 5.84. The number of amides is 2. The third kappa shape index (κ3) is 4.26. The van der Waals surface area contributed by atoms with Crippen molar-refractivity contribution in [3.05, 3.63) is 69.6 Å². The van der Waals surface area contributed by atoms with Gasteiger partial charge in [-0.1, -0.05) is 29.8 Å². The second kappa shape index (κ2) is 8.31. The number of anilines is 1. The van der Waals surface area contributed by atoms with E-state index in [4.69, 9.17) is 0 Å². The summed E-state index contributed by atoms with van der Waals surface area (Å²) in [5.74, 6) is -0.770. The third-order valence-corrected chi connectivity index (χ3v) is 5.22. The van der Waals surface area contributed by atoms with Crippen molar-refractivity contribution in [2.24, 2.45) is 0 Å². The number of thioether (sulfide) groups is 1. The summed E-state index contributed by atoms with van der Waals surface area (Å²) in [6.07, 6.45) is 1.64. The van der Waals surface area contributed by atoms with Crippen molar-refractivity contribution >= 4 is 40.6 Å². The van der Waals surface area contributed by atoms with E-state index >= 15 is 0 Å². The lowest BCUT2D eigenvalue weighted by atomic mass is 10.1. The second-order valence-electron chi connectivity index (χ2n) is 6.38. The highest BCUT2D eigenvalue weighted by Gasteiger charge is 2.34. The normalized spacial score (nSPS) is 15.2. The number of esters is 1. The van der Waals surface area contributed by atoms with Gasteiger partial charge in [0.1, 0.15) is 0 Å². The Balaban J connectivity index is 1.70. The van der Waals surface area contributed by atoms with Gasteiger partial charge in [0.25, 0.3) is 11.1 Å². The first-order valence-corrected chi connectivity index (χ1v) is 9.45. The molecule has 0 spiro atoms. The molecule has 2 aromatic carbocycles. The van der Waals surface area contributed by atoms with Crippen LogP contribution in [0, 0.1) is 13.8 Å². The van der Waals surface area contributed by atoms with E-state index in [1.165, 1.54) is 12.0 Å². The van der Waals surface area contributed by atoms with Crippen molar-refractivity contribution in [2.45, 2.75) is 13.8 Å². The monoisotopic (exact) mass is 396 g/mol. The third-order valence-electron chi connectivity index (χ3n) is 4.31. The highest BCUT2D eigenvalue weighted by molar-refractivity contribution is 8.18. The molecule has 0 aromatic heterocycles. The number of nitrogens with one attached hydrogen (secondary N) is 1. The van der Waals surface area contributed by atoms with E-state index < -0.39 is 5.97 Å². The predicted molar refractivity (Wildman–Crippen MR) is 110 cm³/mol. The van der Waals surface area contributed by atoms with Gasteiger partial charge in [0.2, 0.25) is 0 Å². The molecule has 6 nitrogen and oxygen atoms in total. The van der Waals surface area contributed by atoms with Crippen LogP contribution in [0.2, 0.25) is 0 Å². The van der Waals surface area contributed by atoms with Crippen LogP contribution < -0.4 is 5.32 Å². The van der Waals surface area contributed by atoms with Crippen LogP contribution >= 0.6 is 11.8 Å². The number of carbonyl (C=O) groups excluding carboxylic acids is 3. The number of hydrogen-bond acceptors (Lipinski definition) is 6. The summed E-state index contributed by atoms with van der Waals surface area (Å²) in [6, 6.07) is 12.6. The molecule has 144 valence electrons. The van der Waals surface area contributed by atoms with E-state index in [0.29, 0.717) is 10.5 Å². The van der Waals surface area contributed by atoms with Gasteiger partial charge in [-0.15, -0.1) is 0 Å². The number of ether oxygens (including phenoxy) is 1. The molecule has 1 heterocycles. The lowest BCUT2D eigenvalue weighted by molar-refractivity contribution is -0.122. The van der Waals surface area contributed by atoms with Crippen LogP contribution in [0.5, 0.6) is 0 Å². The van der Waals surface area contributed by atoms with Gasteiger partial charge in [0, 0.05) is 5.69 Å². The molecule has 0 aliphatic carbocycles. The van der Waals surface area contributed by atoms with Crippen molar-refractivity contribution in [2.75, 3.05) is 19.1 Å². The van der Waals surface area contributed by atoms with Gasteiger partial charge in [0.05, 0.1) is 24.2 Å². The van der Waals surface area contributed by atoms with Crippen LogP contribution in [0.1, 0.15) is 27.0 Å². The van der Waals surface area contributed by atoms with Crippen LogP contribution in [-0.2, 0) is 9.53 Å². The fraction of sp³-hybridized carbons (Fsp3) is 0.190. The van der Waals surface area contributed by atoms with E-state index in [1.54, 1.807) is 30.3 Å². The van der Waals surface area contributed by atoms with E-state index in [0.717, 1.165) is 34.1 Å². The Morgan fingerprint density at radius 3 is 2.50 bits per heavy atom. The molecule has 0 atom stereocenters. The second-order valence-corrected chi connectivity index (χ2v) is 7.37. The molecule has 1 N–H and O–H groups in total. The van der Waals surface area contributed by atoms with Gasteiger partial charge < -0.3 is 10.1 Å². The SMILES string of the molecule is COC(=O)c1ccc(/C=C2/SC(=O)N(CNc3ccc(C)cc3C)C2=O)cc1. The molecular weight excluding hydrogens is 376 g/mol. The molecule has 1 fully saturated rings. The molecule has 0 bridgehead atoms. The predicted octanol–water partition coefficient (Wildman–Crippen LogP) is 4.20. The molecule has 0 saturated carbocycles. The number of carbonyl (C=O) groups is 3. The molecule has 1 aliphatic heterocycles. The van der Waals surface area contributed by atoms with Gasteiger partial charge in [-0.05, 0) is 61.0 Å². The zero-order valence-electron chi connectivity index (χ0n) is 15.8. The molecule has 2 amide bonds. The van der Waals surface area contributed by atoms with E-state index in [2.05, 4.69) is 10.1 Å². The highest BCUT2D eigenvalue weighted by atomic mass is 32.2. The van der Waals surface area contributed by atoms with Gasteiger partial charge >= 0.3 is 5.97 Å². The maximum Gasteiger partial charge on any atom is 0.337 e. The van der Waals surface area contributed by atoms with Crippen LogP contribution in [0.25, 0.3) is 6.08 Å². The highest BCUT2D eigenvalue weighted by Crippen LogP contribution is 2.32. The number of rotatable bonds is 5. The van der Waals surface area contributed by atoms with Crippen LogP contribution in [0.3, 0.4) is 0 Å². The molecule has 0 unspecified atom stereocenters. The van der Waals surface area contributed by atoms with Gasteiger partial charge in [0.15, 0.2) is 0 Å². The molecule has 28 heavy (non-hydrogen) atoms. The molecular formula is C21H20N2O4S. The first-order chi connectivity index (χ1) is 13.4. The topological polar surface area (TPSA) is 75.7 Å². The average molecular weight is 396 g/mol.